The lowest BCUT2D eigenvalue weighted by atomic mass is 9.74. The van der Waals surface area contributed by atoms with E-state index in [1.54, 1.807) is 6.08 Å². The van der Waals surface area contributed by atoms with Crippen molar-refractivity contribution >= 4 is 46.9 Å². The maximum Gasteiger partial charge on any atom is 0.0553 e. The lowest BCUT2D eigenvalue weighted by Gasteiger charge is -2.39. The van der Waals surface area contributed by atoms with E-state index in [0.29, 0.717) is 5.92 Å². The van der Waals surface area contributed by atoms with Gasteiger partial charge in [0, 0.05) is 33.0 Å². The van der Waals surface area contributed by atoms with Gasteiger partial charge in [-0.25, -0.2) is 0 Å². The van der Waals surface area contributed by atoms with E-state index in [2.05, 4.69) is 184 Å². The normalized spacial score (nSPS) is 17.6. The third kappa shape index (κ3) is 7.86. The number of benzene rings is 3. The molecule has 1 N–H and O–H groups in total. The predicted octanol–water partition coefficient (Wildman–Crippen LogP) is 13.6. The quantitative estimate of drug-likeness (QED) is 0.157. The highest BCUT2D eigenvalue weighted by atomic mass is 32.1. The number of para-hydroxylation sites is 1. The first-order valence-electron chi connectivity index (χ1n) is 18.6. The van der Waals surface area contributed by atoms with Gasteiger partial charge in [0.05, 0.1) is 6.04 Å². The predicted molar refractivity (Wildman–Crippen MR) is 230 cm³/mol. The van der Waals surface area contributed by atoms with E-state index in [1.165, 1.54) is 54.5 Å². The van der Waals surface area contributed by atoms with E-state index in [-0.39, 0.29) is 11.5 Å². The number of hydrogen-bond acceptors (Lipinski definition) is 3. The molecule has 0 bridgehead atoms. The van der Waals surface area contributed by atoms with Gasteiger partial charge in [-0.2, -0.15) is 0 Å². The first kappa shape index (κ1) is 36.7. The third-order valence-electron chi connectivity index (χ3n) is 10.3. The minimum absolute atomic E-state index is 0.123. The molecule has 0 aliphatic heterocycles. The molecule has 52 heavy (non-hydrogen) atoms. The Labute approximate surface area is 316 Å². The molecule has 3 heteroatoms. The molecule has 3 aliphatic rings. The number of hydrogen-bond donors (Lipinski definition) is 1. The van der Waals surface area contributed by atoms with E-state index in [0.717, 1.165) is 31.4 Å². The fourth-order valence-electron chi connectivity index (χ4n) is 7.87. The van der Waals surface area contributed by atoms with Gasteiger partial charge in [-0.1, -0.05) is 123 Å². The Hall–Kier alpha value is -5.12. The molecule has 2 unspecified atom stereocenters. The van der Waals surface area contributed by atoms with Crippen molar-refractivity contribution in [1.82, 2.24) is 4.90 Å². The Morgan fingerprint density at radius 1 is 0.885 bits per heavy atom. The van der Waals surface area contributed by atoms with Crippen LogP contribution < -0.4 is 5.32 Å². The number of fused-ring (bicyclic) bond motifs is 4. The first-order chi connectivity index (χ1) is 25.4. The maximum atomic E-state index is 4.17. The highest BCUT2D eigenvalue weighted by molar-refractivity contribution is 7.14. The molecule has 0 radical (unpaired) electrons. The zero-order chi connectivity index (χ0) is 36.5. The average molecular weight is 701 g/mol. The first-order valence-corrected chi connectivity index (χ1v) is 19.4. The molecule has 2 nitrogen and oxygen atoms in total. The van der Waals surface area contributed by atoms with E-state index >= 15 is 0 Å². The average Bonchev–Trinajstić information content (AvgIpc) is 3.62. The lowest BCUT2D eigenvalue weighted by Crippen LogP contribution is -2.34. The van der Waals surface area contributed by atoms with Gasteiger partial charge in [0.25, 0.3) is 0 Å². The Morgan fingerprint density at radius 3 is 2.33 bits per heavy atom. The molecule has 0 spiro atoms. The molecule has 3 aliphatic carbocycles. The van der Waals surface area contributed by atoms with E-state index < -0.39 is 0 Å². The van der Waals surface area contributed by atoms with Crippen LogP contribution in [0.25, 0.3) is 29.9 Å². The number of anilines is 1. The Balaban J connectivity index is 0.00000150. The van der Waals surface area contributed by atoms with Crippen molar-refractivity contribution in [2.24, 2.45) is 5.92 Å². The van der Waals surface area contributed by atoms with Crippen LogP contribution in [0.4, 0.5) is 5.69 Å². The summed E-state index contributed by atoms with van der Waals surface area (Å²) in [4.78, 5) is 5.25. The van der Waals surface area contributed by atoms with Crippen LogP contribution in [0.1, 0.15) is 84.5 Å². The van der Waals surface area contributed by atoms with Crippen LogP contribution in [0.3, 0.4) is 0 Å². The van der Waals surface area contributed by atoms with Gasteiger partial charge in [-0.3, -0.25) is 0 Å². The number of allylic oxidation sites excluding steroid dienone is 6. The van der Waals surface area contributed by atoms with Gasteiger partial charge >= 0.3 is 0 Å². The van der Waals surface area contributed by atoms with Crippen LogP contribution >= 0.6 is 11.3 Å². The second-order valence-corrected chi connectivity index (χ2v) is 15.2. The van der Waals surface area contributed by atoms with Crippen molar-refractivity contribution in [3.05, 3.63) is 190 Å². The van der Waals surface area contributed by atoms with E-state index in [9.17, 15) is 0 Å². The van der Waals surface area contributed by atoms with Gasteiger partial charge in [-0.15, -0.1) is 24.5 Å². The third-order valence-corrected chi connectivity index (χ3v) is 11.5. The topological polar surface area (TPSA) is 15.3 Å². The van der Waals surface area contributed by atoms with Crippen molar-refractivity contribution in [3.8, 4) is 0 Å². The van der Waals surface area contributed by atoms with Crippen LogP contribution in [0.2, 0.25) is 0 Å². The van der Waals surface area contributed by atoms with Gasteiger partial charge in [0.15, 0.2) is 0 Å². The van der Waals surface area contributed by atoms with Gasteiger partial charge in [0.2, 0.25) is 0 Å². The van der Waals surface area contributed by atoms with Crippen LogP contribution in [0, 0.1) is 5.92 Å². The van der Waals surface area contributed by atoms with Crippen LogP contribution in [-0.4, -0.2) is 10.9 Å². The number of rotatable bonds is 11. The molecule has 4 aromatic rings. The fourth-order valence-corrected chi connectivity index (χ4v) is 9.08. The summed E-state index contributed by atoms with van der Waals surface area (Å²) < 4.78 is 0. The van der Waals surface area contributed by atoms with Crippen molar-refractivity contribution in [1.29, 1.82) is 0 Å². The van der Waals surface area contributed by atoms with Crippen molar-refractivity contribution in [2.45, 2.75) is 64.8 Å². The Kier molecular flexibility index (Phi) is 11.9. The summed E-state index contributed by atoms with van der Waals surface area (Å²) in [5.41, 5.74) is 12.2. The zero-order valence-electron chi connectivity index (χ0n) is 31.2. The smallest absolute Gasteiger partial charge is 0.0553 e. The second-order valence-electron chi connectivity index (χ2n) is 14.1. The number of thiophene rings is 1. The monoisotopic (exact) mass is 700 g/mol. The highest BCUT2D eigenvalue weighted by Crippen LogP contribution is 2.54. The van der Waals surface area contributed by atoms with Crippen LogP contribution in [0.15, 0.2) is 152 Å². The fraction of sp³-hybridized carbons (Fsp3) is 0.224. The summed E-state index contributed by atoms with van der Waals surface area (Å²) in [5, 5.41) is 3.48. The van der Waals surface area contributed by atoms with Crippen molar-refractivity contribution in [3.63, 3.8) is 0 Å². The second kappa shape index (κ2) is 16.9. The molecular weight excluding hydrogens is 649 g/mol. The molecule has 7 rings (SSSR count). The maximum absolute atomic E-state index is 4.17. The van der Waals surface area contributed by atoms with Crippen molar-refractivity contribution in [2.75, 3.05) is 5.32 Å². The van der Waals surface area contributed by atoms with E-state index in [4.69, 9.17) is 0 Å². The van der Waals surface area contributed by atoms with Gasteiger partial charge in [0.1, 0.15) is 0 Å². The standard InChI is InChI=1S/C46H46N2S.C3H6/c1-5-15-35(16-6-2)48(36-25-27-43-41(31-36)38-21-13-14-22-42(38)46(43,3)4)37-24-26-39-40(29-30-47-34-19-11-8-12-20-34)44(49-45(39)32-37)28-23-33-17-9-7-10-18-33;1-3-2/h5-14,16-23,25,28-32,35,43,47H,1,15,24,26-27H2,2-4H3;3H,1H2,2H3/b16-6-,28-23-,30-29+;. The van der Waals surface area contributed by atoms with Crippen LogP contribution in [-0.2, 0) is 11.8 Å². The minimum Gasteiger partial charge on any atom is -0.362 e. The van der Waals surface area contributed by atoms with E-state index in [1.807, 2.05) is 24.3 Å². The van der Waals surface area contributed by atoms with Crippen molar-refractivity contribution < 1.29 is 0 Å². The Morgan fingerprint density at radius 2 is 1.60 bits per heavy atom. The summed E-state index contributed by atoms with van der Waals surface area (Å²) in [7, 11) is 0. The molecule has 0 saturated heterocycles. The molecular formula is C49H52N2S. The molecule has 1 aromatic heterocycles. The molecule has 2 atom stereocenters. The molecule has 0 fully saturated rings. The van der Waals surface area contributed by atoms with Gasteiger partial charge in [-0.05, 0) is 121 Å². The summed E-state index contributed by atoms with van der Waals surface area (Å²) in [6.07, 6.45) is 28.6. The SMILES string of the molecule is C=CC.C=CCC(/C=C\C)N(C1=CCC2C(=C1)c1ccccc1C2(C)C)C1=Cc2sc(/C=C\c3ccccc3)c(/C=C/Nc3ccccc3)c2CC1. The zero-order valence-corrected chi connectivity index (χ0v) is 32.0. The van der Waals surface area contributed by atoms with Gasteiger partial charge < -0.3 is 10.2 Å². The summed E-state index contributed by atoms with van der Waals surface area (Å²) in [5.74, 6) is 0.497. The molecule has 1 heterocycles. The lowest BCUT2D eigenvalue weighted by molar-refractivity contribution is 0.352. The van der Waals surface area contributed by atoms with Crippen LogP contribution in [0.5, 0.6) is 0 Å². The molecule has 0 saturated carbocycles. The largest absolute Gasteiger partial charge is 0.362 e. The Bertz CT molecular complexity index is 2050. The molecule has 264 valence electrons. The molecule has 3 aromatic carbocycles. The summed E-state index contributed by atoms with van der Waals surface area (Å²) in [6.45, 7) is 16.4. The number of nitrogens with one attached hydrogen (secondary N) is 1. The summed E-state index contributed by atoms with van der Waals surface area (Å²) in [6, 6.07) is 30.2. The summed E-state index contributed by atoms with van der Waals surface area (Å²) >= 11 is 1.90. The number of nitrogens with zero attached hydrogens (tertiary/aromatic N) is 1. The molecule has 0 amide bonds. The highest BCUT2D eigenvalue weighted by Gasteiger charge is 2.43. The minimum atomic E-state index is 0.123.